The predicted octanol–water partition coefficient (Wildman–Crippen LogP) is 2.13. The summed E-state index contributed by atoms with van der Waals surface area (Å²) >= 11 is 0. The molecule has 0 bridgehead atoms. The van der Waals surface area contributed by atoms with E-state index in [1.807, 2.05) is 42.5 Å². The highest BCUT2D eigenvalue weighted by atomic mass is 16.5. The van der Waals surface area contributed by atoms with Crippen molar-refractivity contribution in [2.45, 2.75) is 24.8 Å². The minimum absolute atomic E-state index is 0.164. The summed E-state index contributed by atoms with van der Waals surface area (Å²) < 4.78 is 5.22. The third kappa shape index (κ3) is 3.19. The number of fused-ring (bicyclic) bond motifs is 1. The topological polar surface area (TPSA) is 75.6 Å². The number of hydrogen-bond donors (Lipinski definition) is 2. The van der Waals surface area contributed by atoms with Crippen LogP contribution in [0, 0.1) is 0 Å². The molecular weight excluding hydrogens is 294 g/mol. The molecule has 120 valence electrons. The van der Waals surface area contributed by atoms with Crippen LogP contribution in [-0.4, -0.2) is 35.7 Å². The molecule has 0 aliphatic carbocycles. The first-order valence-electron chi connectivity index (χ1n) is 7.69. The highest BCUT2D eigenvalue weighted by Crippen LogP contribution is 2.23. The van der Waals surface area contributed by atoms with Crippen molar-refractivity contribution in [3.63, 3.8) is 0 Å². The number of ether oxygens (including phenoxy) is 1. The Labute approximate surface area is 134 Å². The third-order valence-electron chi connectivity index (χ3n) is 4.37. The first kappa shape index (κ1) is 15.5. The van der Waals surface area contributed by atoms with Crippen molar-refractivity contribution in [2.75, 3.05) is 13.2 Å². The summed E-state index contributed by atoms with van der Waals surface area (Å²) in [4.78, 5) is 24.0. The van der Waals surface area contributed by atoms with Gasteiger partial charge in [0.15, 0.2) is 0 Å². The Morgan fingerprint density at radius 3 is 2.52 bits per heavy atom. The third-order valence-corrected chi connectivity index (χ3v) is 4.37. The van der Waals surface area contributed by atoms with E-state index in [1.54, 1.807) is 0 Å². The van der Waals surface area contributed by atoms with E-state index in [1.165, 1.54) is 0 Å². The molecule has 0 aromatic heterocycles. The molecule has 1 fully saturated rings. The molecule has 1 amide bonds. The first-order chi connectivity index (χ1) is 11.1. The second-order valence-electron chi connectivity index (χ2n) is 5.86. The Balaban J connectivity index is 1.79. The molecular formula is C18H19NO4. The van der Waals surface area contributed by atoms with Crippen molar-refractivity contribution in [3.8, 4) is 0 Å². The number of carboxylic acids is 1. The fraction of sp³-hybridized carbons (Fsp3) is 0.333. The molecule has 0 spiro atoms. The maximum atomic E-state index is 12.4. The second kappa shape index (κ2) is 6.38. The molecule has 1 aliphatic heterocycles. The van der Waals surface area contributed by atoms with Crippen LogP contribution in [-0.2, 0) is 20.7 Å². The van der Waals surface area contributed by atoms with Gasteiger partial charge in [-0.25, -0.2) is 4.79 Å². The van der Waals surface area contributed by atoms with Gasteiger partial charge < -0.3 is 15.2 Å². The van der Waals surface area contributed by atoms with Gasteiger partial charge in [0.2, 0.25) is 5.91 Å². The van der Waals surface area contributed by atoms with Gasteiger partial charge in [0, 0.05) is 26.1 Å². The van der Waals surface area contributed by atoms with Gasteiger partial charge in [-0.15, -0.1) is 0 Å². The monoisotopic (exact) mass is 313 g/mol. The van der Waals surface area contributed by atoms with Gasteiger partial charge >= 0.3 is 5.97 Å². The zero-order valence-electron chi connectivity index (χ0n) is 12.7. The van der Waals surface area contributed by atoms with Gasteiger partial charge in [-0.3, -0.25) is 4.79 Å². The average molecular weight is 313 g/mol. The van der Waals surface area contributed by atoms with E-state index in [0.29, 0.717) is 26.1 Å². The summed E-state index contributed by atoms with van der Waals surface area (Å²) in [6.07, 6.45) is 0.754. The lowest BCUT2D eigenvalue weighted by atomic mass is 9.89. The number of hydrogen-bond acceptors (Lipinski definition) is 3. The van der Waals surface area contributed by atoms with Crippen LogP contribution in [0.4, 0.5) is 0 Å². The van der Waals surface area contributed by atoms with E-state index in [0.717, 1.165) is 16.3 Å². The number of rotatable bonds is 4. The van der Waals surface area contributed by atoms with Crippen LogP contribution in [0.25, 0.3) is 10.8 Å². The maximum Gasteiger partial charge on any atom is 0.329 e. The molecule has 1 aliphatic rings. The van der Waals surface area contributed by atoms with Crippen LogP contribution in [0.5, 0.6) is 0 Å². The largest absolute Gasteiger partial charge is 0.480 e. The van der Waals surface area contributed by atoms with Crippen molar-refractivity contribution in [2.24, 2.45) is 0 Å². The van der Waals surface area contributed by atoms with E-state index in [4.69, 9.17) is 4.74 Å². The molecule has 1 heterocycles. The van der Waals surface area contributed by atoms with Crippen LogP contribution in [0.2, 0.25) is 0 Å². The van der Waals surface area contributed by atoms with Gasteiger partial charge in [-0.05, 0) is 16.3 Å². The molecule has 0 unspecified atom stereocenters. The summed E-state index contributed by atoms with van der Waals surface area (Å²) in [6, 6.07) is 13.7. The summed E-state index contributed by atoms with van der Waals surface area (Å²) in [7, 11) is 0. The molecule has 0 radical (unpaired) electrons. The van der Waals surface area contributed by atoms with Crippen molar-refractivity contribution in [1.29, 1.82) is 0 Å². The number of amides is 1. The van der Waals surface area contributed by atoms with Crippen molar-refractivity contribution < 1.29 is 19.4 Å². The Kier molecular flexibility index (Phi) is 4.30. The van der Waals surface area contributed by atoms with Gasteiger partial charge in [0.25, 0.3) is 0 Å². The Bertz CT molecular complexity index is 729. The van der Waals surface area contributed by atoms with Gasteiger partial charge in [-0.2, -0.15) is 0 Å². The lowest BCUT2D eigenvalue weighted by molar-refractivity contribution is -0.152. The zero-order valence-corrected chi connectivity index (χ0v) is 12.7. The quantitative estimate of drug-likeness (QED) is 0.906. The van der Waals surface area contributed by atoms with E-state index in [-0.39, 0.29) is 12.3 Å². The van der Waals surface area contributed by atoms with E-state index in [9.17, 15) is 14.7 Å². The lowest BCUT2D eigenvalue weighted by Crippen LogP contribution is -2.57. The molecule has 2 aromatic carbocycles. The normalized spacial score (nSPS) is 16.9. The Morgan fingerprint density at radius 2 is 1.78 bits per heavy atom. The first-order valence-corrected chi connectivity index (χ1v) is 7.69. The molecule has 5 nitrogen and oxygen atoms in total. The molecule has 3 rings (SSSR count). The average Bonchev–Trinajstić information content (AvgIpc) is 2.56. The fourth-order valence-electron chi connectivity index (χ4n) is 3.04. The number of carbonyl (C=O) groups excluding carboxylic acids is 1. The second-order valence-corrected chi connectivity index (χ2v) is 5.86. The SMILES string of the molecule is O=C(Cc1cccc2ccccc12)NC1(C(=O)O)CCOCC1. The standard InChI is InChI=1S/C18H19NO4/c20-16(19-18(17(21)22)8-10-23-11-9-18)12-14-6-3-5-13-4-1-2-7-15(13)14/h1-7H,8-12H2,(H,19,20)(H,21,22). The molecule has 1 saturated heterocycles. The maximum absolute atomic E-state index is 12.4. The number of aliphatic carboxylic acids is 1. The van der Waals surface area contributed by atoms with Crippen LogP contribution >= 0.6 is 0 Å². The van der Waals surface area contributed by atoms with Crippen LogP contribution < -0.4 is 5.32 Å². The molecule has 0 atom stereocenters. The van der Waals surface area contributed by atoms with Crippen LogP contribution in [0.3, 0.4) is 0 Å². The van der Waals surface area contributed by atoms with E-state index >= 15 is 0 Å². The fourth-order valence-corrected chi connectivity index (χ4v) is 3.04. The van der Waals surface area contributed by atoms with Crippen molar-refractivity contribution in [3.05, 3.63) is 48.0 Å². The summed E-state index contributed by atoms with van der Waals surface area (Å²) in [5.41, 5.74) is -0.312. The number of nitrogens with one attached hydrogen (secondary N) is 1. The minimum atomic E-state index is -1.21. The van der Waals surface area contributed by atoms with Crippen LogP contribution in [0.1, 0.15) is 18.4 Å². The van der Waals surface area contributed by atoms with Gasteiger partial charge in [0.1, 0.15) is 5.54 Å². The van der Waals surface area contributed by atoms with E-state index in [2.05, 4.69) is 5.32 Å². The van der Waals surface area contributed by atoms with Gasteiger partial charge in [0.05, 0.1) is 6.42 Å². The molecule has 2 aromatic rings. The molecule has 5 heteroatoms. The number of carboxylic acid groups (broad SMARTS) is 1. The van der Waals surface area contributed by atoms with Gasteiger partial charge in [-0.1, -0.05) is 42.5 Å². The zero-order chi connectivity index (χ0) is 16.3. The highest BCUT2D eigenvalue weighted by Gasteiger charge is 2.41. The van der Waals surface area contributed by atoms with Crippen LogP contribution in [0.15, 0.2) is 42.5 Å². The number of benzene rings is 2. The van der Waals surface area contributed by atoms with Crippen molar-refractivity contribution >= 4 is 22.6 Å². The smallest absolute Gasteiger partial charge is 0.329 e. The Hall–Kier alpha value is -2.40. The highest BCUT2D eigenvalue weighted by molar-refractivity contribution is 5.92. The minimum Gasteiger partial charge on any atom is -0.480 e. The van der Waals surface area contributed by atoms with E-state index < -0.39 is 11.5 Å². The lowest BCUT2D eigenvalue weighted by Gasteiger charge is -2.33. The number of carbonyl (C=O) groups is 2. The van der Waals surface area contributed by atoms with Crippen molar-refractivity contribution in [1.82, 2.24) is 5.32 Å². The summed E-state index contributed by atoms with van der Waals surface area (Å²) in [5.74, 6) is -1.27. The summed E-state index contributed by atoms with van der Waals surface area (Å²) in [5, 5.41) is 14.3. The predicted molar refractivity (Wildman–Crippen MR) is 86.2 cm³/mol. The summed E-state index contributed by atoms with van der Waals surface area (Å²) in [6.45, 7) is 0.696. The molecule has 23 heavy (non-hydrogen) atoms. The molecule has 2 N–H and O–H groups in total. The molecule has 0 saturated carbocycles. The Morgan fingerprint density at radius 1 is 1.09 bits per heavy atom.